The van der Waals surface area contributed by atoms with Crippen LogP contribution in [0.4, 0.5) is 10.5 Å². The van der Waals surface area contributed by atoms with E-state index in [4.69, 9.17) is 16.3 Å². The van der Waals surface area contributed by atoms with Crippen LogP contribution < -0.4 is 15.5 Å². The highest BCUT2D eigenvalue weighted by Gasteiger charge is 2.49. The number of amides is 3. The molecule has 3 amide bonds. The van der Waals surface area contributed by atoms with Gasteiger partial charge in [-0.2, -0.15) is 0 Å². The van der Waals surface area contributed by atoms with Gasteiger partial charge < -0.3 is 15.4 Å². The lowest BCUT2D eigenvalue weighted by molar-refractivity contribution is -0.120. The Morgan fingerprint density at radius 1 is 1.15 bits per heavy atom. The molecule has 2 aliphatic heterocycles. The van der Waals surface area contributed by atoms with E-state index < -0.39 is 29.6 Å². The quantitative estimate of drug-likeness (QED) is 0.372. The SMILES string of the molecule is O=C(NC(Cc1ccccc1)C(=O)N1C(=O)OC2(CCNC2)c2cc(Cl)ccc21)c1ccc(-n2ccnc2)nc1. The third-order valence-corrected chi connectivity index (χ3v) is 7.39. The average Bonchev–Trinajstić information content (AvgIpc) is 3.67. The predicted octanol–water partition coefficient (Wildman–Crippen LogP) is 3.63. The molecule has 2 aromatic carbocycles. The number of fused-ring (bicyclic) bond motifs is 2. The number of halogens is 1. The summed E-state index contributed by atoms with van der Waals surface area (Å²) in [4.78, 5) is 50.1. The number of ether oxygens (including phenoxy) is 1. The Bertz CT molecular complexity index is 1550. The molecule has 202 valence electrons. The highest BCUT2D eigenvalue weighted by Crippen LogP contribution is 2.44. The zero-order chi connectivity index (χ0) is 27.7. The van der Waals surface area contributed by atoms with Gasteiger partial charge >= 0.3 is 6.09 Å². The number of pyridine rings is 1. The van der Waals surface area contributed by atoms with Crippen LogP contribution in [0.2, 0.25) is 5.02 Å². The second kappa shape index (κ2) is 10.6. The number of imide groups is 1. The summed E-state index contributed by atoms with van der Waals surface area (Å²) in [6, 6.07) is 16.5. The number of aromatic nitrogens is 3. The number of carbonyl (C=O) groups is 3. The van der Waals surface area contributed by atoms with Crippen LogP contribution >= 0.6 is 11.6 Å². The number of nitrogens with one attached hydrogen (secondary N) is 2. The zero-order valence-corrected chi connectivity index (χ0v) is 22.0. The molecule has 11 heteroatoms. The number of hydrogen-bond acceptors (Lipinski definition) is 7. The van der Waals surface area contributed by atoms with Crippen LogP contribution in [-0.2, 0) is 21.6 Å². The fourth-order valence-electron chi connectivity index (χ4n) is 5.14. The lowest BCUT2D eigenvalue weighted by Gasteiger charge is -2.40. The van der Waals surface area contributed by atoms with Crippen molar-refractivity contribution >= 4 is 35.2 Å². The molecular formula is C29H25ClN6O4. The van der Waals surface area contributed by atoms with Crippen LogP contribution in [0.1, 0.15) is 27.9 Å². The van der Waals surface area contributed by atoms with Crippen molar-refractivity contribution in [3.05, 3.63) is 107 Å². The van der Waals surface area contributed by atoms with Gasteiger partial charge in [-0.15, -0.1) is 0 Å². The molecule has 0 radical (unpaired) electrons. The monoisotopic (exact) mass is 556 g/mol. The van der Waals surface area contributed by atoms with Gasteiger partial charge in [0.05, 0.1) is 11.3 Å². The summed E-state index contributed by atoms with van der Waals surface area (Å²) >= 11 is 6.32. The molecule has 6 rings (SSSR count). The van der Waals surface area contributed by atoms with Crippen LogP contribution in [0.25, 0.3) is 5.82 Å². The molecule has 2 unspecified atom stereocenters. The highest BCUT2D eigenvalue weighted by atomic mass is 35.5. The van der Waals surface area contributed by atoms with E-state index in [1.54, 1.807) is 53.6 Å². The fraction of sp³-hybridized carbons (Fsp3) is 0.207. The minimum absolute atomic E-state index is 0.158. The van der Waals surface area contributed by atoms with Gasteiger partial charge in [0.25, 0.3) is 11.8 Å². The van der Waals surface area contributed by atoms with Gasteiger partial charge in [-0.25, -0.2) is 19.7 Å². The molecule has 2 aliphatic rings. The third-order valence-electron chi connectivity index (χ3n) is 7.16. The van der Waals surface area contributed by atoms with Crippen molar-refractivity contribution in [1.82, 2.24) is 25.2 Å². The number of benzene rings is 2. The topological polar surface area (TPSA) is 118 Å². The molecule has 2 N–H and O–H groups in total. The van der Waals surface area contributed by atoms with Crippen LogP contribution in [0.5, 0.6) is 0 Å². The van der Waals surface area contributed by atoms with Gasteiger partial charge in [-0.1, -0.05) is 41.9 Å². The molecule has 1 fully saturated rings. The maximum atomic E-state index is 14.1. The largest absolute Gasteiger partial charge is 0.436 e. The Morgan fingerprint density at radius 3 is 2.70 bits per heavy atom. The van der Waals surface area contributed by atoms with Crippen molar-refractivity contribution in [2.75, 3.05) is 18.0 Å². The van der Waals surface area contributed by atoms with Crippen molar-refractivity contribution < 1.29 is 19.1 Å². The molecular weight excluding hydrogens is 532 g/mol. The Labute approximate surface area is 234 Å². The first-order valence-corrected chi connectivity index (χ1v) is 13.2. The summed E-state index contributed by atoms with van der Waals surface area (Å²) in [5.74, 6) is -0.528. The summed E-state index contributed by atoms with van der Waals surface area (Å²) in [7, 11) is 0. The molecule has 2 atom stereocenters. The highest BCUT2D eigenvalue weighted by molar-refractivity contribution is 6.31. The second-order valence-corrected chi connectivity index (χ2v) is 10.2. The Kier molecular flexibility index (Phi) is 6.79. The molecule has 10 nitrogen and oxygen atoms in total. The normalized spacial score (nSPS) is 18.7. The van der Waals surface area contributed by atoms with E-state index in [1.165, 1.54) is 6.20 Å². The summed E-state index contributed by atoms with van der Waals surface area (Å²) in [5.41, 5.74) is 1.22. The van der Waals surface area contributed by atoms with Gasteiger partial charge in [0.2, 0.25) is 0 Å². The maximum Gasteiger partial charge on any atom is 0.422 e. The summed E-state index contributed by atoms with van der Waals surface area (Å²) in [6.45, 7) is 1.08. The van der Waals surface area contributed by atoms with Crippen molar-refractivity contribution in [2.24, 2.45) is 0 Å². The Balaban J connectivity index is 1.32. The number of carbonyl (C=O) groups excluding carboxylic acids is 3. The summed E-state index contributed by atoms with van der Waals surface area (Å²) < 4.78 is 7.61. The number of rotatable bonds is 6. The van der Waals surface area contributed by atoms with Crippen LogP contribution in [0.15, 0.2) is 85.6 Å². The first-order valence-electron chi connectivity index (χ1n) is 12.8. The zero-order valence-electron chi connectivity index (χ0n) is 21.3. The van der Waals surface area contributed by atoms with Crippen molar-refractivity contribution in [2.45, 2.75) is 24.5 Å². The number of nitrogens with zero attached hydrogens (tertiary/aromatic N) is 4. The van der Waals surface area contributed by atoms with Crippen LogP contribution in [-0.4, -0.2) is 51.6 Å². The third kappa shape index (κ3) is 4.83. The van der Waals surface area contributed by atoms with Crippen molar-refractivity contribution in [1.29, 1.82) is 0 Å². The van der Waals surface area contributed by atoms with Gasteiger partial charge in [-0.05, 0) is 42.4 Å². The number of anilines is 1. The molecule has 0 aliphatic carbocycles. The molecule has 1 spiro atoms. The van der Waals surface area contributed by atoms with Crippen LogP contribution in [0.3, 0.4) is 0 Å². The van der Waals surface area contributed by atoms with E-state index in [-0.39, 0.29) is 12.0 Å². The van der Waals surface area contributed by atoms with Gasteiger partial charge in [0.1, 0.15) is 18.2 Å². The number of hydrogen-bond donors (Lipinski definition) is 2. The van der Waals surface area contributed by atoms with Gasteiger partial charge in [0.15, 0.2) is 5.60 Å². The lowest BCUT2D eigenvalue weighted by Crippen LogP contribution is -2.56. The molecule has 1 saturated heterocycles. The van der Waals surface area contributed by atoms with E-state index in [9.17, 15) is 14.4 Å². The molecule has 0 bridgehead atoms. The van der Waals surface area contributed by atoms with E-state index in [0.29, 0.717) is 41.6 Å². The number of imidazole rings is 1. The van der Waals surface area contributed by atoms with Crippen LogP contribution in [0, 0.1) is 0 Å². The smallest absolute Gasteiger partial charge is 0.422 e. The molecule has 2 aromatic heterocycles. The molecule has 40 heavy (non-hydrogen) atoms. The van der Waals surface area contributed by atoms with E-state index in [0.717, 1.165) is 10.5 Å². The summed E-state index contributed by atoms with van der Waals surface area (Å²) in [5, 5.41) is 6.52. The molecule has 0 saturated carbocycles. The maximum absolute atomic E-state index is 14.1. The van der Waals surface area contributed by atoms with Gasteiger partial charge in [0, 0.05) is 48.6 Å². The first-order chi connectivity index (χ1) is 19.4. The van der Waals surface area contributed by atoms with Crippen molar-refractivity contribution in [3.8, 4) is 5.82 Å². The van der Waals surface area contributed by atoms with Crippen molar-refractivity contribution in [3.63, 3.8) is 0 Å². The Hall–Kier alpha value is -4.54. The van der Waals surface area contributed by atoms with E-state index in [1.807, 2.05) is 30.3 Å². The first kappa shape index (κ1) is 25.7. The molecule has 4 aromatic rings. The van der Waals surface area contributed by atoms with E-state index in [2.05, 4.69) is 20.6 Å². The second-order valence-electron chi connectivity index (χ2n) is 9.71. The predicted molar refractivity (Wildman–Crippen MR) is 147 cm³/mol. The van der Waals surface area contributed by atoms with E-state index >= 15 is 0 Å². The fourth-order valence-corrected chi connectivity index (χ4v) is 5.32. The van der Waals surface area contributed by atoms with Gasteiger partial charge in [-0.3, -0.25) is 14.2 Å². The standard InChI is InChI=1S/C29H25ClN6O4/c30-21-7-8-24-22(15-21)29(10-11-31-17-29)40-28(39)36(24)27(38)23(14-19-4-2-1-3-5-19)34-26(37)20-6-9-25(33-16-20)35-13-12-32-18-35/h1-9,12-13,15-16,18,23,31H,10-11,14,17H2,(H,34,37). The average molecular weight is 557 g/mol. The minimum Gasteiger partial charge on any atom is -0.436 e. The lowest BCUT2D eigenvalue weighted by atomic mass is 9.89. The minimum atomic E-state index is -1.07. The Morgan fingerprint density at radius 2 is 2.00 bits per heavy atom. The molecule has 4 heterocycles. The summed E-state index contributed by atoms with van der Waals surface area (Å²) in [6.07, 6.45) is 6.33.